The van der Waals surface area contributed by atoms with Crippen LogP contribution in [0.4, 0.5) is 0 Å². The highest BCUT2D eigenvalue weighted by Gasteiger charge is 2.34. The molecule has 1 amide bonds. The highest BCUT2D eigenvalue weighted by atomic mass is 16.2. The fraction of sp³-hybridized carbons (Fsp3) is 0.818. The highest BCUT2D eigenvalue weighted by molar-refractivity contribution is 5.87. The Labute approximate surface area is 85.3 Å². The Hall–Kier alpha value is -0.860. The average Bonchev–Trinajstić information content (AvgIpc) is 2.15. The molecule has 3 nitrogen and oxygen atoms in total. The van der Waals surface area contributed by atoms with Crippen LogP contribution in [0.3, 0.4) is 0 Å². The lowest BCUT2D eigenvalue weighted by molar-refractivity contribution is -0.133. The molecule has 1 saturated carbocycles. The molecular formula is C11H19NO2. The third-order valence-corrected chi connectivity index (χ3v) is 3.00. The van der Waals surface area contributed by atoms with Gasteiger partial charge in [0, 0.05) is 5.41 Å². The molecule has 1 aliphatic carbocycles. The molecule has 3 heteroatoms. The van der Waals surface area contributed by atoms with E-state index in [2.05, 4.69) is 5.32 Å². The number of carbonyl (C=O) groups excluding carboxylic acids is 2. The van der Waals surface area contributed by atoms with Gasteiger partial charge in [-0.3, -0.25) is 9.59 Å². The molecule has 0 aromatic rings. The summed E-state index contributed by atoms with van der Waals surface area (Å²) in [4.78, 5) is 22.5. The predicted octanol–water partition coefficient (Wildman–Crippen LogP) is 1.66. The third-order valence-electron chi connectivity index (χ3n) is 3.00. The number of Topliss-reactive ketones (excluding diaryl/α,β-unsaturated/α-hetero) is 1. The van der Waals surface area contributed by atoms with E-state index in [-0.39, 0.29) is 23.7 Å². The van der Waals surface area contributed by atoms with Crippen LogP contribution >= 0.6 is 0 Å². The van der Waals surface area contributed by atoms with Gasteiger partial charge in [-0.15, -0.1) is 0 Å². The van der Waals surface area contributed by atoms with Crippen LogP contribution in [0, 0.1) is 5.41 Å². The summed E-state index contributed by atoms with van der Waals surface area (Å²) >= 11 is 0. The second kappa shape index (κ2) is 4.58. The first-order valence-corrected chi connectivity index (χ1v) is 5.32. The van der Waals surface area contributed by atoms with Gasteiger partial charge in [-0.05, 0) is 19.8 Å². The summed E-state index contributed by atoms with van der Waals surface area (Å²) in [5.41, 5.74) is -0.228. The van der Waals surface area contributed by atoms with E-state index in [1.54, 1.807) is 0 Å². The Bertz CT molecular complexity index is 229. The first-order valence-electron chi connectivity index (χ1n) is 5.32. The van der Waals surface area contributed by atoms with Crippen molar-refractivity contribution in [3.05, 3.63) is 0 Å². The molecular weight excluding hydrogens is 178 g/mol. The summed E-state index contributed by atoms with van der Waals surface area (Å²) in [6.45, 7) is 3.67. The Kier molecular flexibility index (Phi) is 3.67. The second-order valence-corrected chi connectivity index (χ2v) is 4.51. The zero-order chi connectivity index (χ0) is 10.6. The molecule has 1 fully saturated rings. The Morgan fingerprint density at radius 2 is 1.79 bits per heavy atom. The molecule has 0 unspecified atom stereocenters. The molecule has 0 saturated heterocycles. The number of ketones is 1. The molecule has 80 valence electrons. The van der Waals surface area contributed by atoms with E-state index in [1.165, 1.54) is 13.3 Å². The van der Waals surface area contributed by atoms with Crippen molar-refractivity contribution in [2.45, 2.75) is 46.0 Å². The lowest BCUT2D eigenvalue weighted by Crippen LogP contribution is -2.41. The topological polar surface area (TPSA) is 46.2 Å². The number of amides is 1. The summed E-state index contributed by atoms with van der Waals surface area (Å²) in [7, 11) is 0. The smallest absolute Gasteiger partial charge is 0.226 e. The van der Waals surface area contributed by atoms with E-state index in [0.29, 0.717) is 0 Å². The van der Waals surface area contributed by atoms with Gasteiger partial charge in [0.2, 0.25) is 5.91 Å². The van der Waals surface area contributed by atoms with Gasteiger partial charge >= 0.3 is 0 Å². The molecule has 14 heavy (non-hydrogen) atoms. The van der Waals surface area contributed by atoms with Gasteiger partial charge in [-0.1, -0.05) is 26.2 Å². The molecule has 0 aromatic heterocycles. The maximum absolute atomic E-state index is 11.8. The van der Waals surface area contributed by atoms with Crippen molar-refractivity contribution in [2.24, 2.45) is 5.41 Å². The minimum absolute atomic E-state index is 0.0118. The molecule has 1 N–H and O–H groups in total. The molecule has 0 atom stereocenters. The number of rotatable bonds is 3. The first kappa shape index (κ1) is 11.2. The average molecular weight is 197 g/mol. The number of nitrogens with one attached hydrogen (secondary N) is 1. The summed E-state index contributed by atoms with van der Waals surface area (Å²) in [6.07, 6.45) is 5.40. The molecule has 1 aliphatic rings. The van der Waals surface area contributed by atoms with E-state index in [4.69, 9.17) is 0 Å². The Morgan fingerprint density at radius 1 is 1.21 bits per heavy atom. The maximum Gasteiger partial charge on any atom is 0.226 e. The van der Waals surface area contributed by atoms with Gasteiger partial charge < -0.3 is 5.32 Å². The zero-order valence-electron chi connectivity index (χ0n) is 9.06. The zero-order valence-corrected chi connectivity index (χ0v) is 9.06. The van der Waals surface area contributed by atoms with Crippen molar-refractivity contribution < 1.29 is 9.59 Å². The van der Waals surface area contributed by atoms with Crippen molar-refractivity contribution in [1.29, 1.82) is 0 Å². The van der Waals surface area contributed by atoms with E-state index in [0.717, 1.165) is 25.7 Å². The van der Waals surface area contributed by atoms with Crippen molar-refractivity contribution in [2.75, 3.05) is 6.54 Å². The lowest BCUT2D eigenvalue weighted by atomic mass is 9.75. The minimum atomic E-state index is -0.228. The van der Waals surface area contributed by atoms with Crippen LogP contribution in [0.2, 0.25) is 0 Å². The van der Waals surface area contributed by atoms with Gasteiger partial charge in [-0.2, -0.15) is 0 Å². The molecule has 1 rings (SSSR count). The summed E-state index contributed by atoms with van der Waals surface area (Å²) in [6, 6.07) is 0. The van der Waals surface area contributed by atoms with Crippen molar-refractivity contribution >= 4 is 11.7 Å². The molecule has 0 bridgehead atoms. The highest BCUT2D eigenvalue weighted by Crippen LogP contribution is 2.35. The van der Waals surface area contributed by atoms with Crippen molar-refractivity contribution in [3.63, 3.8) is 0 Å². The Balaban J connectivity index is 2.45. The molecule has 0 heterocycles. The van der Waals surface area contributed by atoms with Gasteiger partial charge in [-0.25, -0.2) is 0 Å². The first-order chi connectivity index (χ1) is 6.54. The summed E-state index contributed by atoms with van der Waals surface area (Å²) in [5, 5.41) is 2.70. The largest absolute Gasteiger partial charge is 0.349 e. The van der Waals surface area contributed by atoms with Crippen molar-refractivity contribution in [3.8, 4) is 0 Å². The maximum atomic E-state index is 11.8. The normalized spacial score (nSPS) is 20.1. The van der Waals surface area contributed by atoms with Crippen LogP contribution in [0.5, 0.6) is 0 Å². The van der Waals surface area contributed by atoms with E-state index in [1.807, 2.05) is 6.92 Å². The predicted molar refractivity (Wildman–Crippen MR) is 54.9 cm³/mol. The molecule has 0 aromatic carbocycles. The van der Waals surface area contributed by atoms with Crippen LogP contribution in [0.1, 0.15) is 46.0 Å². The van der Waals surface area contributed by atoms with Crippen LogP contribution in [-0.4, -0.2) is 18.2 Å². The van der Waals surface area contributed by atoms with E-state index >= 15 is 0 Å². The number of carbonyl (C=O) groups is 2. The van der Waals surface area contributed by atoms with Crippen LogP contribution < -0.4 is 5.32 Å². The second-order valence-electron chi connectivity index (χ2n) is 4.51. The third kappa shape index (κ3) is 2.82. The number of hydrogen-bond acceptors (Lipinski definition) is 2. The van der Waals surface area contributed by atoms with Gasteiger partial charge in [0.05, 0.1) is 6.54 Å². The quantitative estimate of drug-likeness (QED) is 0.748. The van der Waals surface area contributed by atoms with Gasteiger partial charge in [0.25, 0.3) is 0 Å². The van der Waals surface area contributed by atoms with Gasteiger partial charge in [0.15, 0.2) is 0 Å². The molecule has 0 spiro atoms. The molecule has 0 radical (unpaired) electrons. The van der Waals surface area contributed by atoms with Gasteiger partial charge in [0.1, 0.15) is 5.78 Å². The van der Waals surface area contributed by atoms with Crippen LogP contribution in [-0.2, 0) is 9.59 Å². The lowest BCUT2D eigenvalue weighted by Gasteiger charge is -2.31. The number of hydrogen-bond donors (Lipinski definition) is 1. The van der Waals surface area contributed by atoms with E-state index in [9.17, 15) is 9.59 Å². The Morgan fingerprint density at radius 3 is 2.29 bits per heavy atom. The summed E-state index contributed by atoms with van der Waals surface area (Å²) < 4.78 is 0. The SMILES string of the molecule is CC(=O)CNC(=O)C1(C)CCCCC1. The van der Waals surface area contributed by atoms with E-state index < -0.39 is 0 Å². The van der Waals surface area contributed by atoms with Crippen LogP contribution in [0.25, 0.3) is 0 Å². The monoisotopic (exact) mass is 197 g/mol. The molecule has 0 aliphatic heterocycles. The van der Waals surface area contributed by atoms with Crippen molar-refractivity contribution in [1.82, 2.24) is 5.32 Å². The summed E-state index contributed by atoms with van der Waals surface area (Å²) in [5.74, 6) is 0.0603. The van der Waals surface area contributed by atoms with Crippen LogP contribution in [0.15, 0.2) is 0 Å². The fourth-order valence-corrected chi connectivity index (χ4v) is 1.98. The fourth-order valence-electron chi connectivity index (χ4n) is 1.98. The standard InChI is InChI=1S/C11H19NO2/c1-9(13)8-12-10(14)11(2)6-4-3-5-7-11/h3-8H2,1-2H3,(H,12,14). The minimum Gasteiger partial charge on any atom is -0.349 e.